The lowest BCUT2D eigenvalue weighted by Crippen LogP contribution is -2.45. The number of thiocarbonyl (C=S) groups is 1. The summed E-state index contributed by atoms with van der Waals surface area (Å²) in [6, 6.07) is 5.14. The van der Waals surface area contributed by atoms with Gasteiger partial charge in [-0.05, 0) is 44.1 Å². The molecule has 0 aromatic heterocycles. The van der Waals surface area contributed by atoms with Crippen LogP contribution in [0.5, 0.6) is 11.5 Å². The maximum absolute atomic E-state index is 12.8. The van der Waals surface area contributed by atoms with E-state index in [0.29, 0.717) is 42.0 Å². The Morgan fingerprint density at radius 3 is 2.52 bits per heavy atom. The van der Waals surface area contributed by atoms with Crippen LogP contribution in [-0.2, 0) is 14.3 Å². The van der Waals surface area contributed by atoms with Gasteiger partial charge < -0.3 is 29.6 Å². The van der Waals surface area contributed by atoms with Gasteiger partial charge in [-0.15, -0.1) is 0 Å². The molecule has 1 aliphatic rings. The summed E-state index contributed by atoms with van der Waals surface area (Å²) < 4.78 is 22.1. The highest BCUT2D eigenvalue weighted by molar-refractivity contribution is 7.80. The summed E-state index contributed by atoms with van der Waals surface area (Å²) >= 11 is 5.33. The van der Waals surface area contributed by atoms with E-state index in [9.17, 15) is 4.79 Å². The first kappa shape index (κ1) is 23.0. The molecule has 0 amide bonds. The van der Waals surface area contributed by atoms with E-state index in [1.165, 1.54) is 0 Å². The zero-order chi connectivity index (χ0) is 21.2. The monoisotopic (exact) mass is 422 g/mol. The number of hydrogen-bond donors (Lipinski definition) is 2. The molecule has 1 heterocycles. The molecular formula is C21H30N2O5S. The minimum absolute atomic E-state index is 0.173. The number of rotatable bonds is 11. The normalized spacial score (nSPS) is 16.1. The Hall–Kier alpha value is -2.32. The van der Waals surface area contributed by atoms with Gasteiger partial charge in [-0.2, -0.15) is 0 Å². The van der Waals surface area contributed by atoms with Gasteiger partial charge in [0.05, 0.1) is 31.4 Å². The van der Waals surface area contributed by atoms with Crippen molar-refractivity contribution in [1.29, 1.82) is 0 Å². The molecule has 1 atom stereocenters. The lowest BCUT2D eigenvalue weighted by Gasteiger charge is -2.31. The van der Waals surface area contributed by atoms with Gasteiger partial charge in [0.25, 0.3) is 0 Å². The van der Waals surface area contributed by atoms with Gasteiger partial charge >= 0.3 is 5.97 Å². The van der Waals surface area contributed by atoms with Crippen molar-refractivity contribution in [3.05, 3.63) is 35.0 Å². The van der Waals surface area contributed by atoms with Gasteiger partial charge in [-0.3, -0.25) is 0 Å². The number of methoxy groups -OCH3 is 1. The molecule has 160 valence electrons. The second-order valence-electron chi connectivity index (χ2n) is 6.60. The van der Waals surface area contributed by atoms with Crippen molar-refractivity contribution in [2.75, 3.05) is 33.5 Å². The smallest absolute Gasteiger partial charge is 0.338 e. The third-order valence-corrected chi connectivity index (χ3v) is 4.46. The molecule has 0 radical (unpaired) electrons. The number of esters is 1. The zero-order valence-corrected chi connectivity index (χ0v) is 18.3. The molecule has 1 aromatic carbocycles. The molecule has 0 bridgehead atoms. The Balaban J connectivity index is 2.39. The van der Waals surface area contributed by atoms with Crippen LogP contribution >= 0.6 is 12.2 Å². The summed E-state index contributed by atoms with van der Waals surface area (Å²) in [5.41, 5.74) is 1.90. The first-order valence-electron chi connectivity index (χ1n) is 9.85. The lowest BCUT2D eigenvalue weighted by molar-refractivity contribution is -0.140. The van der Waals surface area contributed by atoms with Crippen molar-refractivity contribution in [1.82, 2.24) is 10.6 Å². The summed E-state index contributed by atoms with van der Waals surface area (Å²) in [4.78, 5) is 12.8. The third kappa shape index (κ3) is 6.33. The van der Waals surface area contributed by atoms with Crippen molar-refractivity contribution in [2.24, 2.45) is 0 Å². The number of ether oxygens (including phenoxy) is 4. The number of carbonyl (C=O) groups excluding carboxylic acids is 1. The molecule has 0 fully saturated rings. The fourth-order valence-electron chi connectivity index (χ4n) is 2.89. The van der Waals surface area contributed by atoms with Gasteiger partial charge in [0.15, 0.2) is 5.11 Å². The predicted octanol–water partition coefficient (Wildman–Crippen LogP) is 3.25. The molecule has 7 nitrogen and oxygen atoms in total. The van der Waals surface area contributed by atoms with Gasteiger partial charge in [-0.1, -0.05) is 13.8 Å². The van der Waals surface area contributed by atoms with E-state index >= 15 is 0 Å². The Kier molecular flexibility index (Phi) is 9.21. The van der Waals surface area contributed by atoms with Gasteiger partial charge in [0, 0.05) is 24.4 Å². The van der Waals surface area contributed by atoms with E-state index in [2.05, 4.69) is 17.6 Å². The fraction of sp³-hybridized carbons (Fsp3) is 0.524. The second-order valence-corrected chi connectivity index (χ2v) is 7.00. The van der Waals surface area contributed by atoms with Crippen molar-refractivity contribution < 1.29 is 23.7 Å². The Labute approximate surface area is 177 Å². The number of allylic oxidation sites excluding steroid dienone is 1. The molecule has 2 N–H and O–H groups in total. The summed E-state index contributed by atoms with van der Waals surface area (Å²) in [6.45, 7) is 7.57. The molecular weight excluding hydrogens is 392 g/mol. The number of nitrogens with one attached hydrogen (secondary N) is 2. The van der Waals surface area contributed by atoms with Crippen LogP contribution in [0.15, 0.2) is 29.5 Å². The van der Waals surface area contributed by atoms with Crippen molar-refractivity contribution in [3.63, 3.8) is 0 Å². The van der Waals surface area contributed by atoms with Crippen LogP contribution in [0.1, 0.15) is 45.2 Å². The van der Waals surface area contributed by atoms with Gasteiger partial charge in [0.2, 0.25) is 0 Å². The first-order valence-corrected chi connectivity index (χ1v) is 10.3. The van der Waals surface area contributed by atoms with Crippen molar-refractivity contribution >= 4 is 23.3 Å². The average molecular weight is 423 g/mol. The highest BCUT2D eigenvalue weighted by Gasteiger charge is 2.33. The minimum Gasteiger partial charge on any atom is -0.493 e. The molecule has 29 heavy (non-hydrogen) atoms. The molecule has 1 aliphatic heterocycles. The average Bonchev–Trinajstić information content (AvgIpc) is 2.70. The summed E-state index contributed by atoms with van der Waals surface area (Å²) in [6.07, 6.45) is 1.77. The molecule has 0 spiro atoms. The van der Waals surface area contributed by atoms with Crippen LogP contribution in [0.25, 0.3) is 0 Å². The molecule has 0 unspecified atom stereocenters. The summed E-state index contributed by atoms with van der Waals surface area (Å²) in [7, 11) is 1.56. The topological polar surface area (TPSA) is 78.1 Å². The predicted molar refractivity (Wildman–Crippen MR) is 115 cm³/mol. The van der Waals surface area contributed by atoms with Crippen LogP contribution < -0.4 is 20.1 Å². The van der Waals surface area contributed by atoms with Crippen LogP contribution in [0.3, 0.4) is 0 Å². The second kappa shape index (κ2) is 11.6. The largest absolute Gasteiger partial charge is 0.493 e. The fourth-order valence-corrected chi connectivity index (χ4v) is 3.16. The minimum atomic E-state index is -0.495. The number of hydrogen-bond acceptors (Lipinski definition) is 6. The molecule has 0 aliphatic carbocycles. The third-order valence-electron chi connectivity index (χ3n) is 4.24. The van der Waals surface area contributed by atoms with E-state index in [4.69, 9.17) is 31.2 Å². The lowest BCUT2D eigenvalue weighted by atomic mass is 9.94. The van der Waals surface area contributed by atoms with Crippen LogP contribution in [0, 0.1) is 0 Å². The van der Waals surface area contributed by atoms with E-state index in [0.717, 1.165) is 24.2 Å². The Morgan fingerprint density at radius 2 is 1.83 bits per heavy atom. The van der Waals surface area contributed by atoms with Crippen molar-refractivity contribution in [3.8, 4) is 11.5 Å². The van der Waals surface area contributed by atoms with Crippen molar-refractivity contribution in [2.45, 2.75) is 39.7 Å². The Bertz CT molecular complexity index is 751. The highest BCUT2D eigenvalue weighted by Crippen LogP contribution is 2.36. The van der Waals surface area contributed by atoms with E-state index < -0.39 is 12.0 Å². The maximum Gasteiger partial charge on any atom is 0.338 e. The quantitative estimate of drug-likeness (QED) is 0.320. The standard InChI is InChI=1S/C21H30N2O5S/c1-5-9-26-15-7-8-16(17(13-15)27-10-6-2)19-18(14(3)22-21(29)23-19)20(24)28-12-11-25-4/h7-8,13,19H,5-6,9-12H2,1-4H3,(H2,22,23,29)/t19-/m0/s1. The van der Waals surface area contributed by atoms with Crippen LogP contribution in [0.2, 0.25) is 0 Å². The van der Waals surface area contributed by atoms with Crippen LogP contribution in [0.4, 0.5) is 0 Å². The number of benzene rings is 1. The zero-order valence-electron chi connectivity index (χ0n) is 17.5. The summed E-state index contributed by atoms with van der Waals surface area (Å²) in [5, 5.41) is 6.62. The first-order chi connectivity index (χ1) is 14.0. The highest BCUT2D eigenvalue weighted by atomic mass is 32.1. The maximum atomic E-state index is 12.8. The molecule has 2 rings (SSSR count). The molecule has 1 aromatic rings. The molecule has 8 heteroatoms. The SMILES string of the molecule is CCCOc1ccc([C@@H]2NC(=S)NC(C)=C2C(=O)OCCOC)c(OCCC)c1. The Morgan fingerprint density at radius 1 is 1.10 bits per heavy atom. The van der Waals surface area contributed by atoms with E-state index in [1.807, 2.05) is 25.1 Å². The molecule has 0 saturated carbocycles. The summed E-state index contributed by atoms with van der Waals surface area (Å²) in [5.74, 6) is 0.945. The van der Waals surface area contributed by atoms with Gasteiger partial charge in [0.1, 0.15) is 18.1 Å². The van der Waals surface area contributed by atoms with Gasteiger partial charge in [-0.25, -0.2) is 4.79 Å². The van der Waals surface area contributed by atoms with Crippen LogP contribution in [-0.4, -0.2) is 44.6 Å². The number of carbonyl (C=O) groups is 1. The molecule has 0 saturated heterocycles. The van der Waals surface area contributed by atoms with E-state index in [-0.39, 0.29) is 6.61 Å². The van der Waals surface area contributed by atoms with E-state index in [1.54, 1.807) is 14.0 Å².